The minimum Gasteiger partial charge on any atom is -0.459 e. The summed E-state index contributed by atoms with van der Waals surface area (Å²) in [6.45, 7) is 3.87. The molecule has 1 aliphatic heterocycles. The van der Waals surface area contributed by atoms with Gasteiger partial charge in [-0.25, -0.2) is 9.18 Å². The van der Waals surface area contributed by atoms with Crippen LogP contribution in [0.15, 0.2) is 18.2 Å². The van der Waals surface area contributed by atoms with Crippen LogP contribution in [0.4, 0.5) is 4.39 Å². The summed E-state index contributed by atoms with van der Waals surface area (Å²) in [5.74, 6) is -0.420. The van der Waals surface area contributed by atoms with E-state index in [1.807, 2.05) is 19.9 Å². The summed E-state index contributed by atoms with van der Waals surface area (Å²) in [6, 6.07) is 5.51. The van der Waals surface area contributed by atoms with Gasteiger partial charge in [0.1, 0.15) is 6.61 Å². The quantitative estimate of drug-likeness (QED) is 0.796. The Morgan fingerprint density at radius 3 is 2.55 bits per heavy atom. The smallest absolute Gasteiger partial charge is 0.338 e. The van der Waals surface area contributed by atoms with Gasteiger partial charge >= 0.3 is 5.97 Å². The highest BCUT2D eigenvalue weighted by atomic mass is 19.1. The molecule has 0 saturated carbocycles. The fourth-order valence-corrected chi connectivity index (χ4v) is 2.35. The van der Waals surface area contributed by atoms with Crippen molar-refractivity contribution in [1.29, 1.82) is 0 Å². The maximum Gasteiger partial charge on any atom is 0.338 e. The summed E-state index contributed by atoms with van der Waals surface area (Å²) in [5, 5.41) is 0. The van der Waals surface area contributed by atoms with Gasteiger partial charge in [-0.05, 0) is 26.0 Å². The number of alkyl halides is 1. The number of methoxy groups -OCH3 is 1. The molecule has 0 radical (unpaired) electrons. The lowest BCUT2D eigenvalue weighted by Gasteiger charge is -2.13. The number of aryl methyl sites for hydroxylation is 2. The molecule has 1 aromatic carbocycles. The largest absolute Gasteiger partial charge is 0.459 e. The van der Waals surface area contributed by atoms with Gasteiger partial charge in [-0.15, -0.1) is 0 Å². The molecule has 0 N–H and O–H groups in total. The predicted molar refractivity (Wildman–Crippen MR) is 71.4 cm³/mol. The van der Waals surface area contributed by atoms with Crippen LogP contribution in [-0.2, 0) is 14.2 Å². The summed E-state index contributed by atoms with van der Waals surface area (Å²) in [6.07, 6.45) is -2.31. The van der Waals surface area contributed by atoms with E-state index in [-0.39, 0.29) is 13.0 Å². The molecule has 5 heteroatoms. The highest BCUT2D eigenvalue weighted by molar-refractivity contribution is 5.89. The summed E-state index contributed by atoms with van der Waals surface area (Å²) in [7, 11) is 1.39. The van der Waals surface area contributed by atoms with Gasteiger partial charge in [-0.3, -0.25) is 0 Å². The summed E-state index contributed by atoms with van der Waals surface area (Å²) in [4.78, 5) is 11.9. The second-order valence-corrected chi connectivity index (χ2v) is 5.09. The van der Waals surface area contributed by atoms with Gasteiger partial charge in [0.25, 0.3) is 0 Å². The Balaban J connectivity index is 1.89. The Morgan fingerprint density at radius 1 is 1.35 bits per heavy atom. The molecular formula is C15H19FO4. The second-order valence-electron chi connectivity index (χ2n) is 5.09. The lowest BCUT2D eigenvalue weighted by molar-refractivity contribution is -0.141. The maximum atomic E-state index is 13.4. The fraction of sp³-hybridized carbons (Fsp3) is 0.533. The lowest BCUT2D eigenvalue weighted by atomic mass is 10.1. The van der Waals surface area contributed by atoms with E-state index < -0.39 is 24.5 Å². The zero-order valence-corrected chi connectivity index (χ0v) is 11.9. The Kier molecular flexibility index (Phi) is 4.73. The van der Waals surface area contributed by atoms with Gasteiger partial charge in [-0.1, -0.05) is 17.2 Å². The highest BCUT2D eigenvalue weighted by Gasteiger charge is 2.36. The summed E-state index contributed by atoms with van der Waals surface area (Å²) < 4.78 is 28.7. The predicted octanol–water partition coefficient (Wildman–Crippen LogP) is 2.56. The number of hydrogen-bond donors (Lipinski definition) is 0. The number of halogens is 1. The normalized spacial score (nSPS) is 25.7. The zero-order valence-electron chi connectivity index (χ0n) is 11.9. The van der Waals surface area contributed by atoms with E-state index in [0.29, 0.717) is 5.56 Å². The van der Waals surface area contributed by atoms with Crippen LogP contribution in [0.3, 0.4) is 0 Å². The Labute approximate surface area is 117 Å². The molecule has 4 nitrogen and oxygen atoms in total. The molecule has 1 saturated heterocycles. The van der Waals surface area contributed by atoms with Crippen molar-refractivity contribution in [2.75, 3.05) is 13.7 Å². The van der Waals surface area contributed by atoms with Gasteiger partial charge in [0.05, 0.1) is 11.7 Å². The molecule has 1 heterocycles. The van der Waals surface area contributed by atoms with E-state index >= 15 is 0 Å². The standard InChI is InChI=1S/C15H19FO4/c1-9-4-10(2)6-11(5-9)14(17)19-8-12-7-13(16)15(18-3)20-12/h4-6,12-13,15H,7-8H2,1-3H3. The van der Waals surface area contributed by atoms with Crippen molar-refractivity contribution in [3.63, 3.8) is 0 Å². The molecule has 110 valence electrons. The van der Waals surface area contributed by atoms with Crippen LogP contribution in [0, 0.1) is 13.8 Å². The monoisotopic (exact) mass is 282 g/mol. The Bertz CT molecular complexity index is 469. The van der Waals surface area contributed by atoms with E-state index in [0.717, 1.165) is 11.1 Å². The number of benzene rings is 1. The van der Waals surface area contributed by atoms with Crippen LogP contribution in [0.25, 0.3) is 0 Å². The third kappa shape index (κ3) is 3.55. The van der Waals surface area contributed by atoms with Crippen molar-refractivity contribution in [3.05, 3.63) is 34.9 Å². The van der Waals surface area contributed by atoms with Crippen LogP contribution >= 0.6 is 0 Å². The Hall–Kier alpha value is -1.46. The van der Waals surface area contributed by atoms with Crippen LogP contribution in [0.1, 0.15) is 27.9 Å². The van der Waals surface area contributed by atoms with Crippen LogP contribution in [-0.4, -0.2) is 38.3 Å². The molecule has 0 aromatic heterocycles. The molecule has 0 spiro atoms. The average molecular weight is 282 g/mol. The summed E-state index contributed by atoms with van der Waals surface area (Å²) >= 11 is 0. The molecule has 3 atom stereocenters. The van der Waals surface area contributed by atoms with Gasteiger partial charge in [0.15, 0.2) is 12.5 Å². The van der Waals surface area contributed by atoms with E-state index in [1.54, 1.807) is 12.1 Å². The van der Waals surface area contributed by atoms with Crippen LogP contribution in [0.5, 0.6) is 0 Å². The number of carbonyl (C=O) groups is 1. The highest BCUT2D eigenvalue weighted by Crippen LogP contribution is 2.24. The molecule has 1 aromatic rings. The second kappa shape index (κ2) is 6.33. The minimum absolute atomic E-state index is 0.0338. The first-order valence-corrected chi connectivity index (χ1v) is 6.57. The molecule has 0 bridgehead atoms. The third-order valence-electron chi connectivity index (χ3n) is 3.20. The molecule has 1 aliphatic rings. The van der Waals surface area contributed by atoms with Crippen molar-refractivity contribution < 1.29 is 23.4 Å². The number of ether oxygens (including phenoxy) is 3. The van der Waals surface area contributed by atoms with Crippen molar-refractivity contribution in [1.82, 2.24) is 0 Å². The van der Waals surface area contributed by atoms with Gasteiger partial charge in [0, 0.05) is 13.5 Å². The molecule has 0 amide bonds. The fourth-order valence-electron chi connectivity index (χ4n) is 2.35. The van der Waals surface area contributed by atoms with Crippen molar-refractivity contribution in [2.45, 2.75) is 38.8 Å². The van der Waals surface area contributed by atoms with Crippen LogP contribution < -0.4 is 0 Å². The van der Waals surface area contributed by atoms with Crippen molar-refractivity contribution >= 4 is 5.97 Å². The maximum absolute atomic E-state index is 13.4. The van der Waals surface area contributed by atoms with Crippen molar-refractivity contribution in [3.8, 4) is 0 Å². The summed E-state index contributed by atoms with van der Waals surface area (Å²) in [5.41, 5.74) is 2.50. The molecule has 1 fully saturated rings. The van der Waals surface area contributed by atoms with E-state index in [2.05, 4.69) is 0 Å². The topological polar surface area (TPSA) is 44.8 Å². The number of carbonyl (C=O) groups excluding carboxylic acids is 1. The molecule has 20 heavy (non-hydrogen) atoms. The van der Waals surface area contributed by atoms with E-state index in [4.69, 9.17) is 14.2 Å². The Morgan fingerprint density at radius 2 is 2.00 bits per heavy atom. The molecule has 2 rings (SSSR count). The van der Waals surface area contributed by atoms with E-state index in [9.17, 15) is 9.18 Å². The minimum atomic E-state index is -1.18. The molecule has 3 unspecified atom stereocenters. The van der Waals surface area contributed by atoms with Crippen LogP contribution in [0.2, 0.25) is 0 Å². The first kappa shape index (κ1) is 14.9. The SMILES string of the molecule is COC1OC(COC(=O)c2cc(C)cc(C)c2)CC1F. The molecular weight excluding hydrogens is 263 g/mol. The van der Waals surface area contributed by atoms with Crippen molar-refractivity contribution in [2.24, 2.45) is 0 Å². The number of esters is 1. The first-order chi connectivity index (χ1) is 9.49. The van der Waals surface area contributed by atoms with E-state index in [1.165, 1.54) is 7.11 Å². The van der Waals surface area contributed by atoms with Gasteiger partial charge in [0.2, 0.25) is 0 Å². The number of hydrogen-bond acceptors (Lipinski definition) is 4. The first-order valence-electron chi connectivity index (χ1n) is 6.57. The molecule has 0 aliphatic carbocycles. The lowest BCUT2D eigenvalue weighted by Crippen LogP contribution is -2.21. The average Bonchev–Trinajstić information content (AvgIpc) is 2.75. The number of rotatable bonds is 4. The van der Waals surface area contributed by atoms with Gasteiger partial charge < -0.3 is 14.2 Å². The zero-order chi connectivity index (χ0) is 14.7. The van der Waals surface area contributed by atoms with Gasteiger partial charge in [-0.2, -0.15) is 0 Å². The third-order valence-corrected chi connectivity index (χ3v) is 3.20.